The van der Waals surface area contributed by atoms with Crippen molar-refractivity contribution >= 4 is 19.8 Å². The van der Waals surface area contributed by atoms with Crippen molar-refractivity contribution < 1.29 is 0 Å². The standard InChI is InChI=1S/C37H66SSi/c1-9-39(10-2,36-25(5)24(4)33-30-14-11-12-17-32(30)38-34(33)36)35-23(3)22-31-28(15-13-16-29(31)35)26-18-20-27(21-19-26)37(6,7)8/h23-36H,9-22H2,1-8H3. The van der Waals surface area contributed by atoms with Crippen LogP contribution >= 0.6 is 11.8 Å². The van der Waals surface area contributed by atoms with Gasteiger partial charge in [0.25, 0.3) is 0 Å². The SMILES string of the molecule is CC[Si](CC)(C1C(C)CC2C(C3CCC(C(C)(C)C)CC3)CCCC21)C1C(C)C(C)C2C3CCCCC3SC21. The van der Waals surface area contributed by atoms with E-state index in [0.717, 1.165) is 80.8 Å². The van der Waals surface area contributed by atoms with Gasteiger partial charge >= 0.3 is 0 Å². The molecule has 6 aliphatic rings. The Morgan fingerprint density at radius 3 is 1.97 bits per heavy atom. The molecule has 0 bridgehead atoms. The Morgan fingerprint density at radius 1 is 0.667 bits per heavy atom. The van der Waals surface area contributed by atoms with Gasteiger partial charge in [-0.1, -0.05) is 93.2 Å². The highest BCUT2D eigenvalue weighted by atomic mass is 32.2. The van der Waals surface area contributed by atoms with E-state index >= 15 is 0 Å². The molecule has 5 saturated carbocycles. The van der Waals surface area contributed by atoms with Gasteiger partial charge in [0.15, 0.2) is 0 Å². The Hall–Kier alpha value is 0.567. The minimum absolute atomic E-state index is 0.517. The molecule has 0 amide bonds. The summed E-state index contributed by atoms with van der Waals surface area (Å²) in [5, 5.41) is 2.07. The fourth-order valence-corrected chi connectivity index (χ4v) is 24.6. The summed E-state index contributed by atoms with van der Waals surface area (Å²) >= 11 is 2.59. The van der Waals surface area contributed by atoms with Crippen LogP contribution in [-0.4, -0.2) is 18.6 Å². The summed E-state index contributed by atoms with van der Waals surface area (Å²) < 4.78 is 0. The molecule has 0 radical (unpaired) electrons. The summed E-state index contributed by atoms with van der Waals surface area (Å²) in [7, 11) is -1.44. The average Bonchev–Trinajstić information content (AvgIpc) is 3.55. The quantitative estimate of drug-likeness (QED) is 0.296. The van der Waals surface area contributed by atoms with E-state index in [2.05, 4.69) is 67.2 Å². The number of hydrogen-bond acceptors (Lipinski definition) is 1. The molecule has 1 saturated heterocycles. The second-order valence-corrected chi connectivity index (χ2v) is 24.1. The molecule has 0 aromatic heterocycles. The molecule has 12 unspecified atom stereocenters. The van der Waals surface area contributed by atoms with Crippen LogP contribution < -0.4 is 0 Å². The van der Waals surface area contributed by atoms with Gasteiger partial charge in [0.2, 0.25) is 0 Å². The molecule has 2 heteroatoms. The van der Waals surface area contributed by atoms with Gasteiger partial charge in [0.1, 0.15) is 0 Å². The van der Waals surface area contributed by atoms with Crippen LogP contribution in [0, 0.1) is 64.6 Å². The summed E-state index contributed by atoms with van der Waals surface area (Å²) in [5.41, 5.74) is 2.76. The first kappa shape index (κ1) is 29.6. The zero-order valence-electron chi connectivity index (χ0n) is 27.4. The third-order valence-electron chi connectivity index (χ3n) is 15.5. The first-order valence-electron chi connectivity index (χ1n) is 18.3. The van der Waals surface area contributed by atoms with E-state index in [9.17, 15) is 0 Å². The lowest BCUT2D eigenvalue weighted by Gasteiger charge is -2.51. The Balaban J connectivity index is 1.26. The van der Waals surface area contributed by atoms with Crippen molar-refractivity contribution in [1.82, 2.24) is 0 Å². The zero-order valence-corrected chi connectivity index (χ0v) is 29.2. The number of hydrogen-bond donors (Lipinski definition) is 0. The predicted octanol–water partition coefficient (Wildman–Crippen LogP) is 11.7. The smallest absolute Gasteiger partial charge is 0.0611 e. The normalized spacial score (nSPS) is 50.5. The van der Waals surface area contributed by atoms with Crippen LogP contribution in [-0.2, 0) is 0 Å². The lowest BCUT2D eigenvalue weighted by atomic mass is 9.61. The molecule has 1 heterocycles. The van der Waals surface area contributed by atoms with E-state index in [1.807, 2.05) is 0 Å². The molecule has 0 spiro atoms. The van der Waals surface area contributed by atoms with Crippen molar-refractivity contribution in [2.24, 2.45) is 64.6 Å². The summed E-state index contributed by atoms with van der Waals surface area (Å²) in [6, 6.07) is 3.17. The largest absolute Gasteiger partial charge is 0.155 e. The summed E-state index contributed by atoms with van der Waals surface area (Å²) in [4.78, 5) is 0. The van der Waals surface area contributed by atoms with Crippen molar-refractivity contribution in [2.45, 2.75) is 166 Å². The van der Waals surface area contributed by atoms with Crippen LogP contribution in [0.15, 0.2) is 0 Å². The number of rotatable bonds is 5. The zero-order chi connectivity index (χ0) is 27.7. The molecule has 0 N–H and O–H groups in total. The average molecular weight is 571 g/mol. The van der Waals surface area contributed by atoms with E-state index in [1.165, 1.54) is 25.7 Å². The Bertz CT molecular complexity index is 833. The fraction of sp³-hybridized carbons (Fsp3) is 1.00. The third-order valence-corrected chi connectivity index (χ3v) is 24.7. The maximum Gasteiger partial charge on any atom is 0.0611 e. The molecule has 5 aliphatic carbocycles. The monoisotopic (exact) mass is 570 g/mol. The van der Waals surface area contributed by atoms with E-state index in [1.54, 1.807) is 63.5 Å². The molecule has 0 aromatic rings. The van der Waals surface area contributed by atoms with Crippen LogP contribution in [0.1, 0.15) is 132 Å². The molecule has 224 valence electrons. The van der Waals surface area contributed by atoms with E-state index in [4.69, 9.17) is 0 Å². The molecule has 6 rings (SSSR count). The van der Waals surface area contributed by atoms with Gasteiger partial charge < -0.3 is 0 Å². The maximum absolute atomic E-state index is 2.78. The van der Waals surface area contributed by atoms with Gasteiger partial charge in [0.05, 0.1) is 8.07 Å². The molecular formula is C37H66SSi. The maximum atomic E-state index is 2.78. The minimum atomic E-state index is -1.44. The van der Waals surface area contributed by atoms with Crippen molar-refractivity contribution in [3.63, 3.8) is 0 Å². The lowest BCUT2D eigenvalue weighted by molar-refractivity contribution is 0.0637. The fourth-order valence-electron chi connectivity index (χ4n) is 13.6. The van der Waals surface area contributed by atoms with Gasteiger partial charge in [0, 0.05) is 10.5 Å². The topological polar surface area (TPSA) is 0 Å². The molecule has 12 atom stereocenters. The van der Waals surface area contributed by atoms with Crippen molar-refractivity contribution in [3.05, 3.63) is 0 Å². The van der Waals surface area contributed by atoms with Crippen LogP contribution in [0.25, 0.3) is 0 Å². The summed E-state index contributed by atoms with van der Waals surface area (Å²) in [5.74, 6) is 10.4. The molecule has 1 aliphatic heterocycles. The Kier molecular flexibility index (Phi) is 8.54. The Labute approximate surface area is 249 Å². The molecule has 39 heavy (non-hydrogen) atoms. The summed E-state index contributed by atoms with van der Waals surface area (Å²) in [6.07, 6.45) is 18.7. The highest BCUT2D eigenvalue weighted by molar-refractivity contribution is 8.01. The third kappa shape index (κ3) is 4.81. The van der Waals surface area contributed by atoms with Crippen molar-refractivity contribution in [2.75, 3.05) is 0 Å². The van der Waals surface area contributed by atoms with Gasteiger partial charge in [-0.05, 0) is 127 Å². The van der Waals surface area contributed by atoms with Crippen LogP contribution in [0.4, 0.5) is 0 Å². The highest BCUT2D eigenvalue weighted by Crippen LogP contribution is 2.71. The second-order valence-electron chi connectivity index (χ2n) is 17.5. The lowest BCUT2D eigenvalue weighted by Crippen LogP contribution is -2.51. The van der Waals surface area contributed by atoms with E-state index in [0.29, 0.717) is 5.41 Å². The molecule has 0 aromatic carbocycles. The van der Waals surface area contributed by atoms with Gasteiger partial charge in [-0.25, -0.2) is 0 Å². The summed E-state index contributed by atoms with van der Waals surface area (Å²) in [6.45, 7) is 21.2. The van der Waals surface area contributed by atoms with E-state index in [-0.39, 0.29) is 0 Å². The first-order valence-corrected chi connectivity index (χ1v) is 21.8. The second kappa shape index (κ2) is 11.2. The number of fused-ring (bicyclic) bond motifs is 4. The molecular weight excluding hydrogens is 505 g/mol. The van der Waals surface area contributed by atoms with Crippen molar-refractivity contribution in [1.29, 1.82) is 0 Å². The number of thioether (sulfide) groups is 1. The van der Waals surface area contributed by atoms with Crippen LogP contribution in [0.3, 0.4) is 0 Å². The van der Waals surface area contributed by atoms with E-state index < -0.39 is 8.07 Å². The molecule has 6 fully saturated rings. The van der Waals surface area contributed by atoms with Crippen molar-refractivity contribution in [3.8, 4) is 0 Å². The Morgan fingerprint density at radius 2 is 1.31 bits per heavy atom. The van der Waals surface area contributed by atoms with Crippen LogP contribution in [0.5, 0.6) is 0 Å². The molecule has 0 nitrogen and oxygen atoms in total. The van der Waals surface area contributed by atoms with Gasteiger partial charge in [-0.15, -0.1) is 0 Å². The highest BCUT2D eigenvalue weighted by Gasteiger charge is 2.65. The minimum Gasteiger partial charge on any atom is -0.155 e. The van der Waals surface area contributed by atoms with Crippen LogP contribution in [0.2, 0.25) is 23.2 Å². The van der Waals surface area contributed by atoms with Gasteiger partial charge in [-0.3, -0.25) is 0 Å². The first-order chi connectivity index (χ1) is 18.6. The van der Waals surface area contributed by atoms with Gasteiger partial charge in [-0.2, -0.15) is 11.8 Å². The predicted molar refractivity (Wildman–Crippen MR) is 176 cm³/mol.